The fraction of sp³-hybridized carbons (Fsp3) is 0.133. The van der Waals surface area contributed by atoms with E-state index in [0.29, 0.717) is 12.1 Å². The zero-order valence-corrected chi connectivity index (χ0v) is 14.1. The molecule has 0 aliphatic carbocycles. The lowest BCUT2D eigenvalue weighted by Gasteiger charge is -2.14. The molecule has 2 aromatic rings. The van der Waals surface area contributed by atoms with Crippen molar-refractivity contribution in [3.05, 3.63) is 58.1 Å². The Morgan fingerprint density at radius 3 is 2.40 bits per heavy atom. The van der Waals surface area contributed by atoms with Gasteiger partial charge in [-0.2, -0.15) is 13.2 Å². The molecular weight excluding hydrogens is 383 g/mol. The molecule has 0 fully saturated rings. The number of alkyl halides is 3. The first-order valence-corrected chi connectivity index (χ1v) is 8.51. The van der Waals surface area contributed by atoms with Gasteiger partial charge in [-0.15, -0.1) is 0 Å². The van der Waals surface area contributed by atoms with Crippen molar-refractivity contribution in [2.24, 2.45) is 0 Å². The van der Waals surface area contributed by atoms with E-state index in [9.17, 15) is 26.4 Å². The molecule has 0 amide bonds. The number of anilines is 1. The standard InChI is InChI=1S/C15H11ClF3NO4S/c1-8-12(16)3-2-4-13(8)25(23,24)20-11-6-9(14(21)22)5-10(7-11)15(17,18)19/h2-7,20H,1H3,(H,21,22). The van der Waals surface area contributed by atoms with Gasteiger partial charge in [-0.3, -0.25) is 4.72 Å². The van der Waals surface area contributed by atoms with E-state index in [2.05, 4.69) is 0 Å². The summed E-state index contributed by atoms with van der Waals surface area (Å²) in [7, 11) is -4.27. The minimum atomic E-state index is -4.84. The van der Waals surface area contributed by atoms with Crippen molar-refractivity contribution in [1.82, 2.24) is 0 Å². The van der Waals surface area contributed by atoms with Crippen LogP contribution in [0.5, 0.6) is 0 Å². The molecule has 0 aliphatic heterocycles. The van der Waals surface area contributed by atoms with Crippen LogP contribution in [0.15, 0.2) is 41.3 Å². The summed E-state index contributed by atoms with van der Waals surface area (Å²) in [6.07, 6.45) is -4.84. The number of sulfonamides is 1. The first kappa shape index (κ1) is 19.1. The number of carboxylic acid groups (broad SMARTS) is 1. The summed E-state index contributed by atoms with van der Waals surface area (Å²) >= 11 is 5.86. The van der Waals surface area contributed by atoms with Gasteiger partial charge in [-0.1, -0.05) is 17.7 Å². The molecule has 10 heteroatoms. The Kier molecular flexibility index (Phi) is 5.01. The molecule has 134 valence electrons. The van der Waals surface area contributed by atoms with Crippen LogP contribution >= 0.6 is 11.6 Å². The molecule has 2 aromatic carbocycles. The lowest BCUT2D eigenvalue weighted by molar-refractivity contribution is -0.137. The molecule has 0 heterocycles. The Hall–Kier alpha value is -2.26. The number of hydrogen-bond donors (Lipinski definition) is 2. The van der Waals surface area contributed by atoms with Crippen molar-refractivity contribution in [3.63, 3.8) is 0 Å². The Balaban J connectivity index is 2.54. The highest BCUT2D eigenvalue weighted by Crippen LogP contribution is 2.33. The van der Waals surface area contributed by atoms with Gasteiger partial charge in [0.05, 0.1) is 21.7 Å². The monoisotopic (exact) mass is 393 g/mol. The number of rotatable bonds is 4. The van der Waals surface area contributed by atoms with E-state index in [-0.39, 0.29) is 15.5 Å². The molecule has 2 N–H and O–H groups in total. The minimum Gasteiger partial charge on any atom is -0.478 e. The largest absolute Gasteiger partial charge is 0.478 e. The molecule has 0 unspecified atom stereocenters. The molecule has 0 radical (unpaired) electrons. The Labute approximate surface area is 146 Å². The fourth-order valence-corrected chi connectivity index (χ4v) is 3.60. The number of benzene rings is 2. The third kappa shape index (κ3) is 4.23. The van der Waals surface area contributed by atoms with E-state index >= 15 is 0 Å². The van der Waals surface area contributed by atoms with E-state index < -0.39 is 39.0 Å². The van der Waals surface area contributed by atoms with E-state index in [1.165, 1.54) is 25.1 Å². The second-order valence-electron chi connectivity index (χ2n) is 5.07. The normalized spacial score (nSPS) is 12.0. The van der Waals surface area contributed by atoms with Crippen LogP contribution in [0.3, 0.4) is 0 Å². The predicted molar refractivity (Wildman–Crippen MR) is 85.4 cm³/mol. The summed E-state index contributed by atoms with van der Waals surface area (Å²) < 4.78 is 65.5. The van der Waals surface area contributed by atoms with Crippen LogP contribution < -0.4 is 4.72 Å². The number of aromatic carboxylic acids is 1. The molecule has 0 saturated carbocycles. The second kappa shape index (κ2) is 6.57. The smallest absolute Gasteiger partial charge is 0.416 e. The van der Waals surface area contributed by atoms with Gasteiger partial charge in [0, 0.05) is 5.02 Å². The van der Waals surface area contributed by atoms with Crippen molar-refractivity contribution in [2.45, 2.75) is 18.0 Å². The highest BCUT2D eigenvalue weighted by molar-refractivity contribution is 7.92. The van der Waals surface area contributed by atoms with E-state index in [0.717, 1.165) is 6.07 Å². The van der Waals surface area contributed by atoms with Gasteiger partial charge in [0.1, 0.15) is 0 Å². The van der Waals surface area contributed by atoms with Crippen LogP contribution in [0, 0.1) is 6.92 Å². The lowest BCUT2D eigenvalue weighted by Crippen LogP contribution is -2.16. The molecule has 0 aromatic heterocycles. The highest BCUT2D eigenvalue weighted by Gasteiger charge is 2.32. The summed E-state index contributed by atoms with van der Waals surface area (Å²) in [6, 6.07) is 5.81. The van der Waals surface area contributed by atoms with Gasteiger partial charge in [-0.25, -0.2) is 13.2 Å². The molecule has 0 saturated heterocycles. The Bertz CT molecular complexity index is 942. The number of hydrogen-bond acceptors (Lipinski definition) is 3. The Morgan fingerprint density at radius 2 is 1.84 bits per heavy atom. The summed E-state index contributed by atoms with van der Waals surface area (Å²) in [4.78, 5) is 10.8. The molecule has 5 nitrogen and oxygen atoms in total. The first-order chi connectivity index (χ1) is 11.4. The van der Waals surface area contributed by atoms with Crippen molar-refractivity contribution in [1.29, 1.82) is 0 Å². The van der Waals surface area contributed by atoms with Gasteiger partial charge < -0.3 is 5.11 Å². The second-order valence-corrected chi connectivity index (χ2v) is 7.13. The zero-order valence-electron chi connectivity index (χ0n) is 12.6. The SMILES string of the molecule is Cc1c(Cl)cccc1S(=O)(=O)Nc1cc(C(=O)O)cc(C(F)(F)F)c1. The first-order valence-electron chi connectivity index (χ1n) is 6.65. The zero-order chi connectivity index (χ0) is 19.0. The molecule has 2 rings (SSSR count). The molecule has 25 heavy (non-hydrogen) atoms. The molecule has 0 aliphatic rings. The van der Waals surface area contributed by atoms with Gasteiger partial charge in [0.2, 0.25) is 0 Å². The Morgan fingerprint density at radius 1 is 1.20 bits per heavy atom. The fourth-order valence-electron chi connectivity index (χ4n) is 2.06. The summed E-state index contributed by atoms with van der Waals surface area (Å²) in [5.41, 5.74) is -2.29. The summed E-state index contributed by atoms with van der Waals surface area (Å²) in [6.45, 7) is 1.44. The average molecular weight is 394 g/mol. The van der Waals surface area contributed by atoms with Gasteiger partial charge in [-0.05, 0) is 42.8 Å². The highest BCUT2D eigenvalue weighted by atomic mass is 35.5. The molecular formula is C15H11ClF3NO4S. The average Bonchev–Trinajstić information content (AvgIpc) is 2.48. The van der Waals surface area contributed by atoms with Crippen molar-refractivity contribution < 1.29 is 31.5 Å². The lowest BCUT2D eigenvalue weighted by atomic mass is 10.1. The van der Waals surface area contributed by atoms with E-state index in [1.54, 1.807) is 0 Å². The summed E-state index contributed by atoms with van der Waals surface area (Å²) in [5, 5.41) is 9.10. The van der Waals surface area contributed by atoms with Crippen LogP contribution in [0.2, 0.25) is 5.02 Å². The van der Waals surface area contributed by atoms with E-state index in [1.807, 2.05) is 4.72 Å². The predicted octanol–water partition coefficient (Wildman–Crippen LogP) is 4.17. The molecule has 0 bridgehead atoms. The van der Waals surface area contributed by atoms with Gasteiger partial charge >= 0.3 is 12.1 Å². The minimum absolute atomic E-state index is 0.165. The van der Waals surface area contributed by atoms with Crippen molar-refractivity contribution in [2.75, 3.05) is 4.72 Å². The third-order valence-corrected chi connectivity index (χ3v) is 5.20. The van der Waals surface area contributed by atoms with Crippen LogP contribution in [0.4, 0.5) is 18.9 Å². The molecule has 0 spiro atoms. The van der Waals surface area contributed by atoms with Crippen LogP contribution in [-0.4, -0.2) is 19.5 Å². The van der Waals surface area contributed by atoms with Gasteiger partial charge in [0.25, 0.3) is 10.0 Å². The summed E-state index contributed by atoms with van der Waals surface area (Å²) in [5.74, 6) is -1.62. The van der Waals surface area contributed by atoms with E-state index in [4.69, 9.17) is 16.7 Å². The maximum absolute atomic E-state index is 12.9. The van der Waals surface area contributed by atoms with Crippen LogP contribution in [-0.2, 0) is 16.2 Å². The quantitative estimate of drug-likeness (QED) is 0.816. The maximum atomic E-state index is 12.9. The third-order valence-electron chi connectivity index (χ3n) is 3.27. The maximum Gasteiger partial charge on any atom is 0.416 e. The van der Waals surface area contributed by atoms with Crippen molar-refractivity contribution in [3.8, 4) is 0 Å². The topological polar surface area (TPSA) is 83.5 Å². The molecule has 0 atom stereocenters. The number of nitrogens with one attached hydrogen (secondary N) is 1. The number of halogens is 4. The van der Waals surface area contributed by atoms with Crippen LogP contribution in [0.25, 0.3) is 0 Å². The number of carbonyl (C=O) groups is 1. The van der Waals surface area contributed by atoms with Gasteiger partial charge in [0.15, 0.2) is 0 Å². The van der Waals surface area contributed by atoms with Crippen molar-refractivity contribution >= 4 is 33.3 Å². The number of carboxylic acids is 1. The van der Waals surface area contributed by atoms with Crippen LogP contribution in [0.1, 0.15) is 21.5 Å².